The summed E-state index contributed by atoms with van der Waals surface area (Å²) in [5.41, 5.74) is 2.20. The molecule has 1 aromatic carbocycles. The molecule has 0 bridgehead atoms. The van der Waals surface area contributed by atoms with Gasteiger partial charge in [0.05, 0.1) is 18.8 Å². The normalized spacial score (nSPS) is 15.4. The Bertz CT molecular complexity index is 925. The van der Waals surface area contributed by atoms with Crippen molar-refractivity contribution in [3.8, 4) is 5.75 Å². The summed E-state index contributed by atoms with van der Waals surface area (Å²) in [6, 6.07) is 7.41. The van der Waals surface area contributed by atoms with E-state index in [0.717, 1.165) is 48.4 Å². The zero-order valence-electron chi connectivity index (χ0n) is 18.8. The van der Waals surface area contributed by atoms with Crippen LogP contribution in [0.25, 0.3) is 0 Å². The Hall–Kier alpha value is -2.48. The van der Waals surface area contributed by atoms with Crippen LogP contribution in [0.3, 0.4) is 0 Å². The molecular formula is C23H32N4O3S. The van der Waals surface area contributed by atoms with Crippen molar-refractivity contribution < 1.29 is 14.3 Å². The van der Waals surface area contributed by atoms with E-state index in [1.165, 1.54) is 0 Å². The largest absolute Gasteiger partial charge is 0.494 e. The van der Waals surface area contributed by atoms with E-state index in [2.05, 4.69) is 31.1 Å². The first kappa shape index (κ1) is 23.2. The van der Waals surface area contributed by atoms with Gasteiger partial charge in [0.2, 0.25) is 11.1 Å². The Morgan fingerprint density at radius 3 is 2.77 bits per heavy atom. The van der Waals surface area contributed by atoms with Gasteiger partial charge in [0.1, 0.15) is 11.8 Å². The maximum absolute atomic E-state index is 13.1. The van der Waals surface area contributed by atoms with Crippen LogP contribution < -0.4 is 10.1 Å². The Labute approximate surface area is 188 Å². The number of benzene rings is 1. The number of allylic oxidation sites excluding steroid dienone is 1. The van der Waals surface area contributed by atoms with Gasteiger partial charge >= 0.3 is 5.97 Å². The molecular weight excluding hydrogens is 412 g/mol. The fourth-order valence-corrected chi connectivity index (χ4v) is 4.02. The zero-order valence-corrected chi connectivity index (χ0v) is 19.6. The van der Waals surface area contributed by atoms with E-state index in [-0.39, 0.29) is 5.97 Å². The lowest BCUT2D eigenvalue weighted by Gasteiger charge is -2.28. The quantitative estimate of drug-likeness (QED) is 0.290. The molecule has 31 heavy (non-hydrogen) atoms. The molecule has 3 rings (SSSR count). The lowest BCUT2D eigenvalue weighted by Crippen LogP contribution is -2.29. The molecule has 0 amide bonds. The van der Waals surface area contributed by atoms with E-state index >= 15 is 0 Å². The molecule has 0 saturated heterocycles. The van der Waals surface area contributed by atoms with Crippen molar-refractivity contribution in [2.45, 2.75) is 64.6 Å². The molecule has 1 aliphatic heterocycles. The topological polar surface area (TPSA) is 78.3 Å². The molecule has 1 unspecified atom stereocenters. The molecule has 0 spiro atoms. The van der Waals surface area contributed by atoms with E-state index in [0.29, 0.717) is 29.9 Å². The van der Waals surface area contributed by atoms with E-state index < -0.39 is 6.04 Å². The number of nitrogens with zero attached hydrogens (tertiary/aromatic N) is 3. The van der Waals surface area contributed by atoms with Gasteiger partial charge in [-0.3, -0.25) is 0 Å². The number of thioether (sulfide) groups is 1. The van der Waals surface area contributed by atoms with Gasteiger partial charge in [-0.2, -0.15) is 4.98 Å². The number of carbonyl (C=O) groups excluding carboxylic acids is 1. The number of esters is 1. The monoisotopic (exact) mass is 444 g/mol. The maximum Gasteiger partial charge on any atom is 0.338 e. The smallest absolute Gasteiger partial charge is 0.338 e. The first-order valence-electron chi connectivity index (χ1n) is 11.1. The molecule has 1 atom stereocenters. The summed E-state index contributed by atoms with van der Waals surface area (Å²) in [5.74, 6) is 2.02. The van der Waals surface area contributed by atoms with Gasteiger partial charge < -0.3 is 14.8 Å². The molecule has 2 heterocycles. The Morgan fingerprint density at radius 1 is 1.19 bits per heavy atom. The van der Waals surface area contributed by atoms with Crippen molar-refractivity contribution in [3.63, 3.8) is 0 Å². The minimum Gasteiger partial charge on any atom is -0.494 e. The van der Waals surface area contributed by atoms with Crippen LogP contribution in [0.15, 0.2) is 40.7 Å². The molecule has 0 aliphatic carbocycles. The Morgan fingerprint density at radius 2 is 2.03 bits per heavy atom. The number of ether oxygens (including phenoxy) is 2. The third-order valence-corrected chi connectivity index (χ3v) is 5.91. The standard InChI is InChI=1S/C23H32N4O3S/c1-5-8-13-30-21(28)19-16(4)24-22-25-23(31-14-7-3)26-27(22)20(19)17-10-9-11-18(15-17)29-12-6-2/h9-11,15,20H,5-8,12-14H2,1-4H3,(H,24,25,26). The Kier molecular flexibility index (Phi) is 8.40. The highest BCUT2D eigenvalue weighted by Gasteiger charge is 2.35. The molecule has 2 aromatic rings. The molecule has 8 heteroatoms. The third kappa shape index (κ3) is 5.61. The maximum atomic E-state index is 13.1. The summed E-state index contributed by atoms with van der Waals surface area (Å²) in [4.78, 5) is 17.7. The van der Waals surface area contributed by atoms with E-state index in [4.69, 9.17) is 14.6 Å². The first-order valence-corrected chi connectivity index (χ1v) is 12.0. The fourth-order valence-electron chi connectivity index (χ4n) is 3.34. The van der Waals surface area contributed by atoms with Crippen LogP contribution in [-0.2, 0) is 9.53 Å². The SMILES string of the molecule is CCCCOC(=O)C1=C(C)Nc2nc(SCCC)nn2C1c1cccc(OCCC)c1. The number of carbonyl (C=O) groups is 1. The summed E-state index contributed by atoms with van der Waals surface area (Å²) in [7, 11) is 0. The molecule has 0 radical (unpaired) electrons. The van der Waals surface area contributed by atoms with Crippen LogP contribution in [0.2, 0.25) is 0 Å². The van der Waals surface area contributed by atoms with Crippen molar-refractivity contribution in [2.75, 3.05) is 24.3 Å². The average Bonchev–Trinajstić information content (AvgIpc) is 3.17. The zero-order chi connectivity index (χ0) is 22.2. The fraction of sp³-hybridized carbons (Fsp3) is 0.522. The van der Waals surface area contributed by atoms with Crippen LogP contribution >= 0.6 is 11.8 Å². The highest BCUT2D eigenvalue weighted by atomic mass is 32.2. The highest BCUT2D eigenvalue weighted by molar-refractivity contribution is 7.99. The summed E-state index contributed by atoms with van der Waals surface area (Å²) < 4.78 is 13.2. The number of hydrogen-bond acceptors (Lipinski definition) is 7. The second kappa shape index (κ2) is 11.2. The minimum absolute atomic E-state index is 0.327. The molecule has 168 valence electrons. The average molecular weight is 445 g/mol. The van der Waals surface area contributed by atoms with E-state index in [9.17, 15) is 4.79 Å². The van der Waals surface area contributed by atoms with Crippen LogP contribution in [0.4, 0.5) is 5.95 Å². The van der Waals surface area contributed by atoms with Crippen molar-refractivity contribution in [1.82, 2.24) is 14.8 Å². The van der Waals surface area contributed by atoms with Crippen LogP contribution in [-0.4, -0.2) is 39.7 Å². The number of rotatable bonds is 11. The number of fused-ring (bicyclic) bond motifs is 1. The van der Waals surface area contributed by atoms with Gasteiger partial charge in [-0.1, -0.05) is 51.1 Å². The predicted octanol–water partition coefficient (Wildman–Crippen LogP) is 5.20. The lowest BCUT2D eigenvalue weighted by atomic mass is 9.95. The summed E-state index contributed by atoms with van der Waals surface area (Å²) in [6.45, 7) is 9.20. The van der Waals surface area contributed by atoms with Gasteiger partial charge in [-0.15, -0.1) is 5.10 Å². The molecule has 1 aromatic heterocycles. The van der Waals surface area contributed by atoms with Gasteiger partial charge in [0.15, 0.2) is 0 Å². The number of nitrogens with one attached hydrogen (secondary N) is 1. The van der Waals surface area contributed by atoms with E-state index in [1.54, 1.807) is 16.4 Å². The van der Waals surface area contributed by atoms with Gasteiger partial charge in [-0.05, 0) is 43.9 Å². The summed E-state index contributed by atoms with van der Waals surface area (Å²) >= 11 is 1.61. The lowest BCUT2D eigenvalue weighted by molar-refractivity contribution is -0.139. The highest BCUT2D eigenvalue weighted by Crippen LogP contribution is 2.37. The van der Waals surface area contributed by atoms with Crippen molar-refractivity contribution >= 4 is 23.7 Å². The van der Waals surface area contributed by atoms with Crippen molar-refractivity contribution in [1.29, 1.82) is 0 Å². The molecule has 1 aliphatic rings. The first-order chi connectivity index (χ1) is 15.1. The summed E-state index contributed by atoms with van der Waals surface area (Å²) in [6.07, 6.45) is 3.77. The molecule has 0 fully saturated rings. The number of anilines is 1. The molecule has 1 N–H and O–H groups in total. The van der Waals surface area contributed by atoms with Gasteiger partial charge in [0, 0.05) is 11.4 Å². The molecule has 0 saturated carbocycles. The number of hydrogen-bond donors (Lipinski definition) is 1. The van der Waals surface area contributed by atoms with Crippen LogP contribution in [0.5, 0.6) is 5.75 Å². The second-order valence-corrected chi connectivity index (χ2v) is 8.55. The van der Waals surface area contributed by atoms with E-state index in [1.807, 2.05) is 31.2 Å². The molecule has 7 nitrogen and oxygen atoms in total. The van der Waals surface area contributed by atoms with Gasteiger partial charge in [-0.25, -0.2) is 9.48 Å². The van der Waals surface area contributed by atoms with Crippen molar-refractivity contribution in [2.24, 2.45) is 0 Å². The predicted molar refractivity (Wildman–Crippen MR) is 124 cm³/mol. The summed E-state index contributed by atoms with van der Waals surface area (Å²) in [5, 5.41) is 8.67. The number of unbranched alkanes of at least 4 members (excludes halogenated alkanes) is 1. The second-order valence-electron chi connectivity index (χ2n) is 7.49. The Balaban J connectivity index is 2.01. The van der Waals surface area contributed by atoms with Crippen LogP contribution in [0, 0.1) is 0 Å². The minimum atomic E-state index is -0.431. The third-order valence-electron chi connectivity index (χ3n) is 4.87. The van der Waals surface area contributed by atoms with Crippen molar-refractivity contribution in [3.05, 3.63) is 41.1 Å². The van der Waals surface area contributed by atoms with Gasteiger partial charge in [0.25, 0.3) is 0 Å². The van der Waals surface area contributed by atoms with Crippen LogP contribution in [0.1, 0.15) is 65.0 Å². The number of aromatic nitrogens is 3.